The van der Waals surface area contributed by atoms with E-state index in [4.69, 9.17) is 9.47 Å². The highest BCUT2D eigenvalue weighted by Crippen LogP contribution is 2.27. The number of rotatable bonds is 8. The Hall–Kier alpha value is -0.870. The fraction of sp³-hybridized carbons (Fsp3) is 0.765. The molecule has 1 aliphatic rings. The van der Waals surface area contributed by atoms with Crippen LogP contribution in [0.25, 0.3) is 0 Å². The molecular formula is C17H32IN5O2. The third kappa shape index (κ3) is 7.10. The summed E-state index contributed by atoms with van der Waals surface area (Å²) in [6, 6.07) is 0.442. The zero-order valence-electron chi connectivity index (χ0n) is 15.6. The molecule has 0 bridgehead atoms. The van der Waals surface area contributed by atoms with Gasteiger partial charge in [-0.25, -0.2) is 4.98 Å². The highest BCUT2D eigenvalue weighted by Gasteiger charge is 2.28. The van der Waals surface area contributed by atoms with E-state index < -0.39 is 0 Å². The fourth-order valence-electron chi connectivity index (χ4n) is 3.05. The van der Waals surface area contributed by atoms with Crippen LogP contribution in [0.15, 0.2) is 23.7 Å². The van der Waals surface area contributed by atoms with Crippen LogP contribution in [0.1, 0.15) is 25.8 Å². The number of methoxy groups -OCH3 is 1. The Bertz CT molecular complexity index is 483. The van der Waals surface area contributed by atoms with Crippen LogP contribution in [0.2, 0.25) is 0 Å². The molecule has 2 heterocycles. The molecule has 0 spiro atoms. The topological polar surface area (TPSA) is 63.9 Å². The molecule has 2 rings (SSSR count). The summed E-state index contributed by atoms with van der Waals surface area (Å²) in [6.07, 6.45) is 7.93. The lowest BCUT2D eigenvalue weighted by Gasteiger charge is -2.39. The van der Waals surface area contributed by atoms with Gasteiger partial charge < -0.3 is 24.3 Å². The molecule has 0 saturated carbocycles. The molecule has 7 nitrogen and oxygen atoms in total. The molecule has 144 valence electrons. The van der Waals surface area contributed by atoms with Crippen molar-refractivity contribution in [3.63, 3.8) is 0 Å². The van der Waals surface area contributed by atoms with Crippen LogP contribution >= 0.6 is 24.0 Å². The number of aliphatic imine (C=N–C) groups is 1. The maximum absolute atomic E-state index is 5.49. The second-order valence-corrected chi connectivity index (χ2v) is 6.22. The van der Waals surface area contributed by atoms with E-state index in [-0.39, 0.29) is 24.0 Å². The molecule has 2 atom stereocenters. The van der Waals surface area contributed by atoms with Gasteiger partial charge in [-0.3, -0.25) is 4.99 Å². The van der Waals surface area contributed by atoms with Gasteiger partial charge in [0, 0.05) is 52.8 Å². The lowest BCUT2D eigenvalue weighted by atomic mass is 9.93. The Morgan fingerprint density at radius 2 is 2.20 bits per heavy atom. The number of nitrogens with zero attached hydrogens (tertiary/aromatic N) is 4. The van der Waals surface area contributed by atoms with Crippen molar-refractivity contribution in [2.24, 2.45) is 10.9 Å². The normalized spacial score (nSPS) is 21.1. The number of guanidine groups is 1. The molecule has 1 aliphatic heterocycles. The first kappa shape index (κ1) is 22.2. The highest BCUT2D eigenvalue weighted by molar-refractivity contribution is 14.0. The number of likely N-dealkylation sites (tertiary alicyclic amines) is 1. The van der Waals surface area contributed by atoms with Crippen LogP contribution in [-0.4, -0.2) is 74.0 Å². The van der Waals surface area contributed by atoms with E-state index in [2.05, 4.69) is 37.9 Å². The van der Waals surface area contributed by atoms with Crippen molar-refractivity contribution in [3.8, 4) is 0 Å². The number of halogens is 1. The van der Waals surface area contributed by atoms with Crippen LogP contribution in [0, 0.1) is 5.92 Å². The zero-order chi connectivity index (χ0) is 17.2. The fourth-order valence-corrected chi connectivity index (χ4v) is 3.05. The van der Waals surface area contributed by atoms with Crippen LogP contribution < -0.4 is 5.32 Å². The van der Waals surface area contributed by atoms with E-state index in [0.29, 0.717) is 25.2 Å². The first-order chi connectivity index (χ1) is 11.8. The van der Waals surface area contributed by atoms with E-state index >= 15 is 0 Å². The molecule has 1 saturated heterocycles. The van der Waals surface area contributed by atoms with Gasteiger partial charge in [0.15, 0.2) is 5.96 Å². The summed E-state index contributed by atoms with van der Waals surface area (Å²) in [4.78, 5) is 11.0. The molecule has 25 heavy (non-hydrogen) atoms. The molecule has 0 radical (unpaired) electrons. The highest BCUT2D eigenvalue weighted by atomic mass is 127. The Kier molecular flexibility index (Phi) is 11.1. The van der Waals surface area contributed by atoms with Gasteiger partial charge in [-0.2, -0.15) is 0 Å². The van der Waals surface area contributed by atoms with Gasteiger partial charge in [0.25, 0.3) is 0 Å². The van der Waals surface area contributed by atoms with Crippen molar-refractivity contribution < 1.29 is 9.47 Å². The van der Waals surface area contributed by atoms with Crippen molar-refractivity contribution in [2.45, 2.75) is 25.8 Å². The average Bonchev–Trinajstić information content (AvgIpc) is 3.12. The first-order valence-corrected chi connectivity index (χ1v) is 8.76. The second kappa shape index (κ2) is 12.5. The molecule has 0 aromatic carbocycles. The summed E-state index contributed by atoms with van der Waals surface area (Å²) in [5, 5.41) is 3.45. The predicted molar refractivity (Wildman–Crippen MR) is 111 cm³/mol. The number of hydrogen-bond acceptors (Lipinski definition) is 4. The van der Waals surface area contributed by atoms with Gasteiger partial charge in [0.05, 0.1) is 25.6 Å². The van der Waals surface area contributed by atoms with Crippen LogP contribution in [0.5, 0.6) is 0 Å². The van der Waals surface area contributed by atoms with E-state index in [1.165, 1.54) is 0 Å². The standard InChI is InChI=1S/C17H31N5O2.HI/c1-15-5-8-21(13-16(15)22-9-7-19-14-22)17(18-2)20-6-4-10-24-12-11-23-3;/h7,9,14-16H,4-6,8,10-13H2,1-3H3,(H,18,20);1H. The first-order valence-electron chi connectivity index (χ1n) is 8.76. The summed E-state index contributed by atoms with van der Waals surface area (Å²) < 4.78 is 12.7. The summed E-state index contributed by atoms with van der Waals surface area (Å²) in [6.45, 7) is 7.22. The lowest BCUT2D eigenvalue weighted by molar-refractivity contribution is 0.0697. The van der Waals surface area contributed by atoms with Crippen LogP contribution in [0.3, 0.4) is 0 Å². The zero-order valence-corrected chi connectivity index (χ0v) is 17.9. The molecule has 1 fully saturated rings. The smallest absolute Gasteiger partial charge is 0.193 e. The monoisotopic (exact) mass is 465 g/mol. The Balaban J connectivity index is 0.00000312. The van der Waals surface area contributed by atoms with Gasteiger partial charge in [-0.15, -0.1) is 24.0 Å². The Morgan fingerprint density at radius 3 is 2.88 bits per heavy atom. The molecule has 1 N–H and O–H groups in total. The van der Waals surface area contributed by atoms with Gasteiger partial charge >= 0.3 is 0 Å². The molecule has 8 heteroatoms. The van der Waals surface area contributed by atoms with E-state index in [9.17, 15) is 0 Å². The minimum absolute atomic E-state index is 0. The van der Waals surface area contributed by atoms with Crippen molar-refractivity contribution in [1.82, 2.24) is 19.8 Å². The Morgan fingerprint density at radius 1 is 1.36 bits per heavy atom. The summed E-state index contributed by atoms with van der Waals surface area (Å²) >= 11 is 0. The SMILES string of the molecule is CN=C(NCCCOCCOC)N1CCC(C)C(n2ccnc2)C1.I. The quantitative estimate of drug-likeness (QED) is 0.276. The molecule has 0 amide bonds. The van der Waals surface area contributed by atoms with Gasteiger partial charge in [0.2, 0.25) is 0 Å². The van der Waals surface area contributed by atoms with E-state index in [0.717, 1.165) is 45.0 Å². The van der Waals surface area contributed by atoms with Crippen LogP contribution in [0.4, 0.5) is 0 Å². The third-order valence-electron chi connectivity index (χ3n) is 4.52. The Labute approximate surface area is 168 Å². The molecule has 1 aromatic rings. The third-order valence-corrected chi connectivity index (χ3v) is 4.52. The van der Waals surface area contributed by atoms with Crippen LogP contribution in [-0.2, 0) is 9.47 Å². The van der Waals surface area contributed by atoms with Gasteiger partial charge in [-0.05, 0) is 18.8 Å². The van der Waals surface area contributed by atoms with E-state index in [1.807, 2.05) is 19.6 Å². The molecule has 2 unspecified atom stereocenters. The minimum Gasteiger partial charge on any atom is -0.382 e. The maximum atomic E-state index is 5.49. The molecule has 1 aromatic heterocycles. The van der Waals surface area contributed by atoms with Gasteiger partial charge in [0.1, 0.15) is 0 Å². The van der Waals surface area contributed by atoms with Crippen molar-refractivity contribution >= 4 is 29.9 Å². The number of nitrogens with one attached hydrogen (secondary N) is 1. The predicted octanol–water partition coefficient (Wildman–Crippen LogP) is 2.01. The minimum atomic E-state index is 0. The van der Waals surface area contributed by atoms with Crippen molar-refractivity contribution in [3.05, 3.63) is 18.7 Å². The summed E-state index contributed by atoms with van der Waals surface area (Å²) in [5.41, 5.74) is 0. The summed E-state index contributed by atoms with van der Waals surface area (Å²) in [5.74, 6) is 1.62. The summed E-state index contributed by atoms with van der Waals surface area (Å²) in [7, 11) is 3.53. The number of imidazole rings is 1. The largest absolute Gasteiger partial charge is 0.382 e. The number of aromatic nitrogens is 2. The maximum Gasteiger partial charge on any atom is 0.193 e. The molecular weight excluding hydrogens is 433 g/mol. The number of ether oxygens (including phenoxy) is 2. The lowest BCUT2D eigenvalue weighted by Crippen LogP contribution is -2.49. The second-order valence-electron chi connectivity index (χ2n) is 6.22. The number of hydrogen-bond donors (Lipinski definition) is 1. The van der Waals surface area contributed by atoms with Gasteiger partial charge in [-0.1, -0.05) is 6.92 Å². The average molecular weight is 465 g/mol. The molecule has 0 aliphatic carbocycles. The van der Waals surface area contributed by atoms with E-state index in [1.54, 1.807) is 7.11 Å². The van der Waals surface area contributed by atoms with Crippen molar-refractivity contribution in [2.75, 3.05) is 53.6 Å². The number of piperidine rings is 1. The van der Waals surface area contributed by atoms with Crippen molar-refractivity contribution in [1.29, 1.82) is 0 Å².